The van der Waals surface area contributed by atoms with Crippen LogP contribution in [0.3, 0.4) is 0 Å². The van der Waals surface area contributed by atoms with Crippen LogP contribution in [0.4, 0.5) is 10.5 Å². The molecule has 2 atom stereocenters. The van der Waals surface area contributed by atoms with Crippen molar-refractivity contribution in [1.82, 2.24) is 15.6 Å². The Bertz CT molecular complexity index is 1290. The summed E-state index contributed by atoms with van der Waals surface area (Å²) in [6.07, 6.45) is -0.168. The zero-order chi connectivity index (χ0) is 27.3. The number of rotatable bonds is 9. The molecule has 3 aromatic rings. The normalized spacial score (nSPS) is 12.6. The Labute approximate surface area is 224 Å². The highest BCUT2D eigenvalue weighted by Gasteiger charge is 2.31. The predicted molar refractivity (Wildman–Crippen MR) is 142 cm³/mol. The Morgan fingerprint density at radius 1 is 0.946 bits per heavy atom. The maximum absolute atomic E-state index is 13.2. The van der Waals surface area contributed by atoms with Gasteiger partial charge in [-0.05, 0) is 36.6 Å². The molecular weight excluding hydrogens is 519 g/mol. The third-order valence-electron chi connectivity index (χ3n) is 5.79. The van der Waals surface area contributed by atoms with Crippen molar-refractivity contribution >= 4 is 46.6 Å². The Morgan fingerprint density at radius 2 is 1.62 bits per heavy atom. The molecule has 1 heterocycles. The van der Waals surface area contributed by atoms with Crippen LogP contribution in [0.5, 0.6) is 11.8 Å². The molecule has 0 saturated carbocycles. The molecule has 0 fully saturated rings. The lowest BCUT2D eigenvalue weighted by molar-refractivity contribution is -0.122. The summed E-state index contributed by atoms with van der Waals surface area (Å²) in [4.78, 5) is 41.3. The molecule has 3 rings (SSSR count). The molecule has 0 aliphatic heterocycles. The molecule has 9 nitrogen and oxygen atoms in total. The Hall–Kier alpha value is -3.69. The molecule has 0 bridgehead atoms. The van der Waals surface area contributed by atoms with Crippen molar-refractivity contribution in [1.29, 1.82) is 0 Å². The smallest absolute Gasteiger partial charge is 0.319 e. The standard InChI is InChI=1S/C26H28Cl2N4O5/c1-13(2)22(23(34)21-14(3)24(35)32-25(21)36)31-20(33)12-19(15-7-5-4-6-8-15)30-26(37)29-16-9-10-17(27)18(28)11-16/h4-11,13,19,22,32,35-36H,12H2,1-3H3,(H,31,33)(H2,29,30,37)/t19?,22-/m0/s1. The van der Waals surface area contributed by atoms with Gasteiger partial charge in [0.1, 0.15) is 0 Å². The number of ketones is 1. The van der Waals surface area contributed by atoms with E-state index in [9.17, 15) is 24.6 Å². The first-order valence-corrected chi connectivity index (χ1v) is 12.2. The van der Waals surface area contributed by atoms with Gasteiger partial charge in [0, 0.05) is 11.3 Å². The number of carbonyl (C=O) groups is 3. The van der Waals surface area contributed by atoms with Crippen LogP contribution >= 0.6 is 23.2 Å². The van der Waals surface area contributed by atoms with Crippen LogP contribution in [-0.4, -0.2) is 39.0 Å². The highest BCUT2D eigenvalue weighted by atomic mass is 35.5. The van der Waals surface area contributed by atoms with E-state index in [1.54, 1.807) is 50.2 Å². The van der Waals surface area contributed by atoms with Crippen molar-refractivity contribution < 1.29 is 24.6 Å². The average Bonchev–Trinajstić information content (AvgIpc) is 3.10. The van der Waals surface area contributed by atoms with Gasteiger partial charge in [-0.2, -0.15) is 0 Å². The number of aromatic nitrogens is 1. The number of anilines is 1. The Morgan fingerprint density at radius 3 is 2.19 bits per heavy atom. The fourth-order valence-corrected chi connectivity index (χ4v) is 4.11. The highest BCUT2D eigenvalue weighted by Crippen LogP contribution is 2.30. The fraction of sp³-hybridized carbons (Fsp3) is 0.269. The lowest BCUT2D eigenvalue weighted by atomic mass is 9.93. The monoisotopic (exact) mass is 546 g/mol. The zero-order valence-corrected chi connectivity index (χ0v) is 21.9. The van der Waals surface area contributed by atoms with Gasteiger partial charge in [-0.3, -0.25) is 14.6 Å². The van der Waals surface area contributed by atoms with Crippen LogP contribution in [0.15, 0.2) is 48.5 Å². The molecule has 37 heavy (non-hydrogen) atoms. The molecule has 6 N–H and O–H groups in total. The van der Waals surface area contributed by atoms with Crippen LogP contribution in [0, 0.1) is 12.8 Å². The summed E-state index contributed by atoms with van der Waals surface area (Å²) in [7, 11) is 0. The van der Waals surface area contributed by atoms with Crippen LogP contribution < -0.4 is 16.0 Å². The summed E-state index contributed by atoms with van der Waals surface area (Å²) in [5.74, 6) is -2.16. The van der Waals surface area contributed by atoms with E-state index in [0.29, 0.717) is 16.3 Å². The highest BCUT2D eigenvalue weighted by molar-refractivity contribution is 6.42. The summed E-state index contributed by atoms with van der Waals surface area (Å²) in [6.45, 7) is 4.98. The van der Waals surface area contributed by atoms with Gasteiger partial charge >= 0.3 is 6.03 Å². The van der Waals surface area contributed by atoms with E-state index < -0.39 is 35.7 Å². The predicted octanol–water partition coefficient (Wildman–Crippen LogP) is 5.32. The second-order valence-corrected chi connectivity index (χ2v) is 9.68. The van der Waals surface area contributed by atoms with Crippen molar-refractivity contribution in [2.45, 2.75) is 39.3 Å². The molecule has 0 saturated heterocycles. The molecule has 1 aromatic heterocycles. The largest absolute Gasteiger partial charge is 0.494 e. The number of Topliss-reactive ketones (excluding diaryl/α,β-unsaturated/α-hetero) is 1. The van der Waals surface area contributed by atoms with Gasteiger partial charge in [0.25, 0.3) is 0 Å². The van der Waals surface area contributed by atoms with Gasteiger partial charge < -0.3 is 26.2 Å². The summed E-state index contributed by atoms with van der Waals surface area (Å²) >= 11 is 11.9. The average molecular weight is 547 g/mol. The van der Waals surface area contributed by atoms with Crippen LogP contribution in [0.1, 0.15) is 47.8 Å². The summed E-state index contributed by atoms with van der Waals surface area (Å²) in [6, 6.07) is 11.3. The molecule has 0 aliphatic carbocycles. The minimum atomic E-state index is -0.978. The Kier molecular flexibility index (Phi) is 9.07. The number of aromatic hydroxyl groups is 2. The first kappa shape index (κ1) is 27.9. The SMILES string of the molecule is Cc1c(O)[nH]c(O)c1C(=O)[C@@H](NC(=O)CC(NC(=O)Nc1ccc(Cl)c(Cl)c1)c1ccccc1)C(C)C. The number of carbonyl (C=O) groups excluding carboxylic acids is 3. The number of halogens is 2. The van der Waals surface area contributed by atoms with Crippen molar-refractivity contribution in [3.63, 3.8) is 0 Å². The minimum absolute atomic E-state index is 0.0877. The fourth-order valence-electron chi connectivity index (χ4n) is 3.81. The van der Waals surface area contributed by atoms with Crippen LogP contribution in [-0.2, 0) is 4.79 Å². The van der Waals surface area contributed by atoms with E-state index in [-0.39, 0.29) is 34.4 Å². The lowest BCUT2D eigenvalue weighted by Gasteiger charge is -2.24. The Balaban J connectivity index is 1.76. The lowest BCUT2D eigenvalue weighted by Crippen LogP contribution is -2.46. The summed E-state index contributed by atoms with van der Waals surface area (Å²) < 4.78 is 0. The third kappa shape index (κ3) is 6.96. The number of urea groups is 1. The molecule has 1 unspecified atom stereocenters. The summed E-state index contributed by atoms with van der Waals surface area (Å²) in [5.41, 5.74) is 1.19. The van der Waals surface area contributed by atoms with E-state index in [2.05, 4.69) is 20.9 Å². The number of aromatic amines is 1. The number of H-pyrrole nitrogens is 1. The van der Waals surface area contributed by atoms with Crippen molar-refractivity contribution in [3.8, 4) is 11.8 Å². The van der Waals surface area contributed by atoms with Gasteiger partial charge in [0.2, 0.25) is 11.8 Å². The first-order chi connectivity index (χ1) is 17.5. The quantitative estimate of drug-likeness (QED) is 0.201. The van der Waals surface area contributed by atoms with Crippen molar-refractivity contribution in [3.05, 3.63) is 75.3 Å². The molecule has 0 spiro atoms. The topological polar surface area (TPSA) is 144 Å². The second kappa shape index (κ2) is 12.0. The maximum Gasteiger partial charge on any atom is 0.319 e. The van der Waals surface area contributed by atoms with Crippen LogP contribution in [0.2, 0.25) is 10.0 Å². The van der Waals surface area contributed by atoms with Gasteiger partial charge in [-0.15, -0.1) is 0 Å². The molecule has 0 aliphatic rings. The molecule has 0 radical (unpaired) electrons. The zero-order valence-electron chi connectivity index (χ0n) is 20.4. The number of hydrogen-bond donors (Lipinski definition) is 6. The van der Waals surface area contributed by atoms with Gasteiger partial charge in [0.05, 0.1) is 34.1 Å². The molecule has 11 heteroatoms. The number of amides is 3. The van der Waals surface area contributed by atoms with Crippen LogP contribution in [0.25, 0.3) is 0 Å². The van der Waals surface area contributed by atoms with E-state index >= 15 is 0 Å². The summed E-state index contributed by atoms with van der Waals surface area (Å²) in [5, 5.41) is 28.7. The first-order valence-electron chi connectivity index (χ1n) is 11.5. The number of nitrogens with one attached hydrogen (secondary N) is 4. The second-order valence-electron chi connectivity index (χ2n) is 8.87. The molecule has 3 amide bonds. The van der Waals surface area contributed by atoms with E-state index in [1.165, 1.54) is 13.0 Å². The number of benzene rings is 2. The number of hydrogen-bond acceptors (Lipinski definition) is 5. The molecule has 196 valence electrons. The third-order valence-corrected chi connectivity index (χ3v) is 6.53. The van der Waals surface area contributed by atoms with E-state index in [1.807, 2.05) is 6.07 Å². The van der Waals surface area contributed by atoms with Crippen molar-refractivity contribution in [2.24, 2.45) is 5.92 Å². The molecule has 2 aromatic carbocycles. The van der Waals surface area contributed by atoms with Gasteiger partial charge in [-0.25, -0.2) is 4.79 Å². The maximum atomic E-state index is 13.2. The van der Waals surface area contributed by atoms with Gasteiger partial charge in [-0.1, -0.05) is 67.4 Å². The minimum Gasteiger partial charge on any atom is -0.494 e. The molecular formula is C26H28Cl2N4O5. The van der Waals surface area contributed by atoms with E-state index in [4.69, 9.17) is 23.2 Å². The van der Waals surface area contributed by atoms with Crippen molar-refractivity contribution in [2.75, 3.05) is 5.32 Å². The van der Waals surface area contributed by atoms with E-state index in [0.717, 1.165) is 0 Å². The van der Waals surface area contributed by atoms with Gasteiger partial charge in [0.15, 0.2) is 11.7 Å².